The molecule has 0 saturated carbocycles. The third-order valence-electron chi connectivity index (χ3n) is 6.92. The van der Waals surface area contributed by atoms with E-state index in [1.165, 1.54) is 27.7 Å². The zero-order valence-electron chi connectivity index (χ0n) is 22.0. The number of H-pyrrole nitrogens is 1. The van der Waals surface area contributed by atoms with Gasteiger partial charge in [-0.05, 0) is 12.8 Å². The summed E-state index contributed by atoms with van der Waals surface area (Å²) in [5, 5.41) is 0. The maximum Gasteiger partial charge on any atom is 0.386 e. The number of nitrogen functional groups attached to an aromatic ring is 1. The predicted octanol–water partition coefficient (Wildman–Crippen LogP) is 1.66. The van der Waals surface area contributed by atoms with E-state index in [-0.39, 0.29) is 35.8 Å². The van der Waals surface area contributed by atoms with Crippen LogP contribution in [0.25, 0.3) is 16.8 Å². The molecule has 4 aromatic heterocycles. The smallest absolute Gasteiger partial charge is 0.369 e. The summed E-state index contributed by atoms with van der Waals surface area (Å²) in [6, 6.07) is 0. The Kier molecular flexibility index (Phi) is 8.36. The van der Waals surface area contributed by atoms with Gasteiger partial charge in [0, 0.05) is 31.2 Å². The minimum atomic E-state index is -4.19. The summed E-state index contributed by atoms with van der Waals surface area (Å²) in [6.45, 7) is -8.86. The first kappa shape index (κ1) is 30.5. The molecule has 22 heteroatoms. The number of fused-ring (bicyclic) bond motifs is 2. The van der Waals surface area contributed by atoms with Crippen molar-refractivity contribution in [3.05, 3.63) is 51.8 Å². The Hall–Kier alpha value is -2.51. The van der Waals surface area contributed by atoms with Gasteiger partial charge in [-0.1, -0.05) is 24.5 Å². The van der Waals surface area contributed by atoms with Gasteiger partial charge in [0.25, 0.3) is 11.1 Å². The summed E-state index contributed by atoms with van der Waals surface area (Å²) in [4.78, 5) is 49.2. The van der Waals surface area contributed by atoms with E-state index in [1.54, 1.807) is 17.0 Å². The number of nitrogens with zero attached hydrogens (tertiary/aromatic N) is 6. The van der Waals surface area contributed by atoms with Gasteiger partial charge in [0.1, 0.15) is 24.7 Å². The molecule has 2 fully saturated rings. The molecule has 43 heavy (non-hydrogen) atoms. The Balaban J connectivity index is 1.11. The van der Waals surface area contributed by atoms with Gasteiger partial charge in [0.05, 0.1) is 25.6 Å². The van der Waals surface area contributed by atoms with Gasteiger partial charge in [-0.2, -0.15) is 4.98 Å². The van der Waals surface area contributed by atoms with Crippen molar-refractivity contribution in [2.45, 2.75) is 50.0 Å². The van der Waals surface area contributed by atoms with Crippen molar-refractivity contribution in [1.82, 2.24) is 33.5 Å². The summed E-state index contributed by atoms with van der Waals surface area (Å²) in [6.07, 6.45) is 4.66. The third kappa shape index (κ3) is 6.63. The minimum absolute atomic E-state index is 0.00595. The molecule has 2 saturated heterocycles. The van der Waals surface area contributed by atoms with Crippen molar-refractivity contribution in [3.63, 3.8) is 0 Å². The first-order valence-electron chi connectivity index (χ1n) is 12.8. The van der Waals surface area contributed by atoms with Gasteiger partial charge in [-0.15, -0.1) is 0 Å². The first-order chi connectivity index (χ1) is 20.4. The van der Waals surface area contributed by atoms with E-state index in [2.05, 4.69) is 44.4 Å². The van der Waals surface area contributed by atoms with Crippen molar-refractivity contribution < 1.29 is 37.1 Å². The van der Waals surface area contributed by atoms with Crippen LogP contribution in [0.2, 0.25) is 0 Å². The Morgan fingerprint density at radius 3 is 2.65 bits per heavy atom. The van der Waals surface area contributed by atoms with E-state index in [0.717, 1.165) is 0 Å². The molecule has 0 aliphatic carbocycles. The highest BCUT2D eigenvalue weighted by Crippen LogP contribution is 2.57. The Labute approximate surface area is 251 Å². The second-order valence-corrected chi connectivity index (χ2v) is 15.4. The van der Waals surface area contributed by atoms with Crippen LogP contribution >= 0.6 is 38.1 Å². The lowest BCUT2D eigenvalue weighted by molar-refractivity contribution is -0.0409. The molecule has 7 atom stereocenters. The van der Waals surface area contributed by atoms with Crippen LogP contribution in [-0.2, 0) is 32.2 Å². The van der Waals surface area contributed by atoms with Crippen LogP contribution in [0, 0.1) is 0 Å². The lowest BCUT2D eigenvalue weighted by atomic mass is 10.2. The fourth-order valence-electron chi connectivity index (χ4n) is 5.00. The number of aromatic amines is 1. The second kappa shape index (κ2) is 11.8. The van der Waals surface area contributed by atoms with Gasteiger partial charge in [-0.3, -0.25) is 37.3 Å². The molecule has 0 bridgehead atoms. The summed E-state index contributed by atoms with van der Waals surface area (Å²) in [5.74, 6) is -0.0600. The van der Waals surface area contributed by atoms with E-state index in [9.17, 15) is 23.6 Å². The number of rotatable bonds is 10. The molecule has 232 valence electrons. The molecule has 2 unspecified atom stereocenters. The SMILES string of the molecule is Nc1nc2c(ncn2[C@H]2CC[C@@H](COP(=O)(S)O[C@H]3C[C@H](n4ccn5ccnc5c4=O)O[C@@H]3COP(=O)(O)S)O2)c(=O)[nH]1. The van der Waals surface area contributed by atoms with Crippen LogP contribution in [0.3, 0.4) is 0 Å². The highest BCUT2D eigenvalue weighted by Gasteiger charge is 2.43. The highest BCUT2D eigenvalue weighted by molar-refractivity contribution is 8.44. The van der Waals surface area contributed by atoms with E-state index in [4.69, 9.17) is 28.8 Å². The second-order valence-electron chi connectivity index (χ2n) is 9.79. The van der Waals surface area contributed by atoms with Crippen LogP contribution in [0.4, 0.5) is 5.95 Å². The summed E-state index contributed by atoms with van der Waals surface area (Å²) < 4.78 is 57.4. The molecule has 2 aliphatic rings. The van der Waals surface area contributed by atoms with Gasteiger partial charge >= 0.3 is 13.6 Å². The molecule has 6 heterocycles. The number of imidazole rings is 2. The van der Waals surface area contributed by atoms with Crippen LogP contribution in [-0.4, -0.2) is 69.9 Å². The third-order valence-corrected chi connectivity index (χ3v) is 9.39. The van der Waals surface area contributed by atoms with Gasteiger partial charge in [-0.25, -0.2) is 19.1 Å². The molecule has 2 aliphatic heterocycles. The number of hydrogen-bond acceptors (Lipinski definition) is 13. The van der Waals surface area contributed by atoms with Crippen LogP contribution in [0.15, 0.2) is 40.7 Å². The molecule has 0 amide bonds. The summed E-state index contributed by atoms with van der Waals surface area (Å²) >= 11 is 7.62. The average molecular weight is 677 g/mol. The zero-order chi connectivity index (χ0) is 30.5. The zero-order valence-corrected chi connectivity index (χ0v) is 25.6. The number of ether oxygens (including phenoxy) is 2. The van der Waals surface area contributed by atoms with Crippen LogP contribution in [0.5, 0.6) is 0 Å². The van der Waals surface area contributed by atoms with Crippen LogP contribution in [0.1, 0.15) is 31.7 Å². The summed E-state index contributed by atoms with van der Waals surface area (Å²) in [5.41, 5.74) is 5.28. The van der Waals surface area contributed by atoms with Gasteiger partial charge in [0.15, 0.2) is 11.2 Å². The first-order valence-corrected chi connectivity index (χ1v) is 18.2. The fraction of sp³-hybridized carbons (Fsp3) is 0.476. The topological polar surface area (TPSA) is 229 Å². The number of anilines is 1. The number of nitrogens with one attached hydrogen (secondary N) is 1. The Morgan fingerprint density at radius 2 is 1.86 bits per heavy atom. The van der Waals surface area contributed by atoms with Crippen molar-refractivity contribution in [2.24, 2.45) is 0 Å². The molecule has 4 aromatic rings. The quantitative estimate of drug-likeness (QED) is 0.119. The van der Waals surface area contributed by atoms with E-state index in [0.29, 0.717) is 12.8 Å². The minimum Gasteiger partial charge on any atom is -0.369 e. The molecule has 0 aromatic carbocycles. The number of thiol groups is 2. The molecule has 4 N–H and O–H groups in total. The normalized spacial score (nSPS) is 27.1. The maximum absolute atomic E-state index is 13.3. The Bertz CT molecular complexity index is 1870. The van der Waals surface area contributed by atoms with E-state index >= 15 is 0 Å². The fourth-order valence-corrected chi connectivity index (χ4v) is 7.09. The van der Waals surface area contributed by atoms with E-state index in [1.807, 2.05) is 0 Å². The Morgan fingerprint density at radius 1 is 1.05 bits per heavy atom. The van der Waals surface area contributed by atoms with E-state index < -0.39 is 62.1 Å². The predicted molar refractivity (Wildman–Crippen MR) is 156 cm³/mol. The largest absolute Gasteiger partial charge is 0.386 e. The standard InChI is InChI=1S/C21H26N8O10P2S2/c22-21-25-17-16(19(30)26-21)24-10-29(17)14-2-1-11(37-14)8-36-41(34,43)39-12-7-15(38-13(12)9-35-40(32,33)42)28-6-5-27-4-3-23-18(27)20(28)31/h3-6,10-15H,1-2,7-9H2,(H,34,43)(H2,32,33,42)(H3,22,25,26,30)/t11-,12-,13+,14+,15+,41?/m0/s1. The molecule has 0 spiro atoms. The molecule has 0 radical (unpaired) electrons. The molecule has 18 nitrogen and oxygen atoms in total. The van der Waals surface area contributed by atoms with Crippen molar-refractivity contribution in [2.75, 3.05) is 18.9 Å². The molecule has 6 rings (SSSR count). The monoisotopic (exact) mass is 676 g/mol. The molecular formula is C21H26N8O10P2S2. The van der Waals surface area contributed by atoms with Crippen LogP contribution < -0.4 is 16.9 Å². The number of hydrogen-bond donors (Lipinski definition) is 5. The summed E-state index contributed by atoms with van der Waals surface area (Å²) in [7, 11) is 0. The maximum atomic E-state index is 13.3. The number of aromatic nitrogens is 7. The van der Waals surface area contributed by atoms with Crippen molar-refractivity contribution in [1.29, 1.82) is 0 Å². The lowest BCUT2D eigenvalue weighted by Crippen LogP contribution is -2.28. The average Bonchev–Trinajstić information content (AvgIpc) is 3.72. The highest BCUT2D eigenvalue weighted by atomic mass is 32.7. The van der Waals surface area contributed by atoms with Gasteiger partial charge < -0.3 is 24.5 Å². The van der Waals surface area contributed by atoms with Crippen molar-refractivity contribution >= 4 is 60.9 Å². The lowest BCUT2D eigenvalue weighted by Gasteiger charge is -2.23. The van der Waals surface area contributed by atoms with Gasteiger partial charge in [0.2, 0.25) is 11.6 Å². The van der Waals surface area contributed by atoms with Crippen molar-refractivity contribution in [3.8, 4) is 0 Å². The molecular weight excluding hydrogens is 650 g/mol. The number of nitrogens with two attached hydrogens (primary N) is 1.